The zero-order valence-corrected chi connectivity index (χ0v) is 14.5. The zero-order valence-electron chi connectivity index (χ0n) is 14.5. The van der Waals surface area contributed by atoms with Crippen LogP contribution in [0.4, 0.5) is 0 Å². The highest BCUT2D eigenvalue weighted by Gasteiger charge is 2.36. The predicted octanol–water partition coefficient (Wildman–Crippen LogP) is 2.25. The molecule has 0 aromatic carbocycles. The lowest BCUT2D eigenvalue weighted by molar-refractivity contribution is -0.125. The van der Waals surface area contributed by atoms with Gasteiger partial charge in [-0.05, 0) is 30.0 Å². The predicted molar refractivity (Wildman–Crippen MR) is 93.1 cm³/mol. The smallest absolute Gasteiger partial charge is 0.220 e. The fraction of sp³-hybridized carbons (Fsp3) is 0.500. The van der Waals surface area contributed by atoms with Gasteiger partial charge in [-0.1, -0.05) is 20.8 Å². The van der Waals surface area contributed by atoms with Gasteiger partial charge in [0.25, 0.3) is 0 Å². The van der Waals surface area contributed by atoms with Crippen molar-refractivity contribution in [1.82, 2.24) is 25.8 Å². The Bertz CT molecular complexity index is 689. The molecule has 0 aliphatic carbocycles. The molecular formula is C18H25N5O. The first-order chi connectivity index (χ1) is 11.4. The van der Waals surface area contributed by atoms with Crippen LogP contribution in [0.2, 0.25) is 0 Å². The van der Waals surface area contributed by atoms with Gasteiger partial charge in [-0.25, -0.2) is 0 Å². The molecule has 3 heterocycles. The number of carbonyl (C=O) groups excluding carboxylic acids is 1. The highest BCUT2D eigenvalue weighted by Crippen LogP contribution is 2.27. The van der Waals surface area contributed by atoms with Gasteiger partial charge < -0.3 is 10.6 Å². The third kappa shape index (κ3) is 3.82. The second kappa shape index (κ2) is 6.73. The second-order valence-electron chi connectivity index (χ2n) is 7.46. The molecule has 1 fully saturated rings. The zero-order chi connectivity index (χ0) is 17.2. The molecular weight excluding hydrogens is 302 g/mol. The van der Waals surface area contributed by atoms with Crippen molar-refractivity contribution in [2.24, 2.45) is 5.41 Å². The third-order valence-electron chi connectivity index (χ3n) is 4.48. The number of aromatic amines is 1. The topological polar surface area (TPSA) is 82.7 Å². The summed E-state index contributed by atoms with van der Waals surface area (Å²) in [7, 11) is 0. The maximum atomic E-state index is 11.7. The number of pyridine rings is 1. The van der Waals surface area contributed by atoms with E-state index in [-0.39, 0.29) is 23.4 Å². The monoisotopic (exact) mass is 327 g/mol. The van der Waals surface area contributed by atoms with Crippen molar-refractivity contribution >= 4 is 5.91 Å². The van der Waals surface area contributed by atoms with Crippen LogP contribution in [0.15, 0.2) is 30.6 Å². The Labute approximate surface area is 142 Å². The molecule has 0 unspecified atom stereocenters. The van der Waals surface area contributed by atoms with Gasteiger partial charge in [-0.3, -0.25) is 14.9 Å². The number of nitrogens with zero attached hydrogens (tertiary/aromatic N) is 2. The Kier molecular flexibility index (Phi) is 4.66. The minimum absolute atomic E-state index is 0.0165. The number of carbonyl (C=O) groups is 1. The number of amides is 1. The number of H-pyrrole nitrogens is 1. The molecule has 1 aliphatic heterocycles. The van der Waals surface area contributed by atoms with E-state index in [0.717, 1.165) is 23.4 Å². The molecule has 0 saturated carbocycles. The van der Waals surface area contributed by atoms with Crippen LogP contribution in [-0.4, -0.2) is 33.2 Å². The van der Waals surface area contributed by atoms with E-state index in [0.29, 0.717) is 13.0 Å². The van der Waals surface area contributed by atoms with E-state index in [4.69, 9.17) is 0 Å². The standard InChI is InChI=1S/C18H25N5O/c1-18(2,3)17-14(6-7-16(24)21-17)20-11-13-9-15(23-22-13)12-5-4-8-19-10-12/h4-5,8-10,14,17,20H,6-7,11H2,1-3H3,(H,21,24)(H,22,23)/t14-,17-/m1/s1. The Morgan fingerprint density at radius 1 is 1.38 bits per heavy atom. The van der Waals surface area contributed by atoms with Gasteiger partial charge >= 0.3 is 0 Å². The summed E-state index contributed by atoms with van der Waals surface area (Å²) in [6.45, 7) is 7.18. The van der Waals surface area contributed by atoms with E-state index in [2.05, 4.69) is 46.6 Å². The Morgan fingerprint density at radius 3 is 2.92 bits per heavy atom. The largest absolute Gasteiger partial charge is 0.351 e. The summed E-state index contributed by atoms with van der Waals surface area (Å²) in [5.74, 6) is 0.147. The molecule has 2 aromatic rings. The third-order valence-corrected chi connectivity index (χ3v) is 4.48. The maximum absolute atomic E-state index is 11.7. The molecule has 3 rings (SSSR count). The second-order valence-corrected chi connectivity index (χ2v) is 7.46. The summed E-state index contributed by atoms with van der Waals surface area (Å²) in [6, 6.07) is 6.32. The number of hydrogen-bond donors (Lipinski definition) is 3. The summed E-state index contributed by atoms with van der Waals surface area (Å²) in [4.78, 5) is 15.9. The fourth-order valence-electron chi connectivity index (χ4n) is 3.19. The molecule has 1 amide bonds. The van der Waals surface area contributed by atoms with Gasteiger partial charge in [-0.2, -0.15) is 5.10 Å². The van der Waals surface area contributed by atoms with Gasteiger partial charge in [0.2, 0.25) is 5.91 Å². The summed E-state index contributed by atoms with van der Waals surface area (Å²) in [6.07, 6.45) is 4.99. The fourth-order valence-corrected chi connectivity index (χ4v) is 3.19. The van der Waals surface area contributed by atoms with E-state index in [1.54, 1.807) is 12.4 Å². The first-order valence-electron chi connectivity index (χ1n) is 8.41. The van der Waals surface area contributed by atoms with Crippen molar-refractivity contribution in [2.45, 2.75) is 52.2 Å². The van der Waals surface area contributed by atoms with Crippen molar-refractivity contribution in [3.63, 3.8) is 0 Å². The van der Waals surface area contributed by atoms with Crippen LogP contribution in [-0.2, 0) is 11.3 Å². The van der Waals surface area contributed by atoms with Crippen molar-refractivity contribution in [3.8, 4) is 11.3 Å². The van der Waals surface area contributed by atoms with E-state index >= 15 is 0 Å². The molecule has 0 radical (unpaired) electrons. The number of nitrogens with one attached hydrogen (secondary N) is 3. The lowest BCUT2D eigenvalue weighted by Gasteiger charge is -2.41. The summed E-state index contributed by atoms with van der Waals surface area (Å²) < 4.78 is 0. The Hall–Kier alpha value is -2.21. The van der Waals surface area contributed by atoms with Gasteiger partial charge in [0, 0.05) is 48.7 Å². The lowest BCUT2D eigenvalue weighted by atomic mass is 9.79. The number of aromatic nitrogens is 3. The van der Waals surface area contributed by atoms with Crippen molar-refractivity contribution in [3.05, 3.63) is 36.3 Å². The van der Waals surface area contributed by atoms with Crippen molar-refractivity contribution in [2.75, 3.05) is 0 Å². The Morgan fingerprint density at radius 2 is 2.21 bits per heavy atom. The summed E-state index contributed by atoms with van der Waals surface area (Å²) >= 11 is 0. The molecule has 2 aromatic heterocycles. The quantitative estimate of drug-likeness (QED) is 0.804. The van der Waals surface area contributed by atoms with Crippen LogP contribution in [0, 0.1) is 5.41 Å². The highest BCUT2D eigenvalue weighted by atomic mass is 16.1. The summed E-state index contributed by atoms with van der Waals surface area (Å²) in [5, 5.41) is 14.2. The maximum Gasteiger partial charge on any atom is 0.220 e. The van der Waals surface area contributed by atoms with Gasteiger partial charge in [-0.15, -0.1) is 0 Å². The van der Waals surface area contributed by atoms with Crippen LogP contribution in [0.5, 0.6) is 0 Å². The molecule has 24 heavy (non-hydrogen) atoms. The van der Waals surface area contributed by atoms with E-state index in [1.807, 2.05) is 18.2 Å². The van der Waals surface area contributed by atoms with Crippen LogP contribution in [0.25, 0.3) is 11.3 Å². The molecule has 0 bridgehead atoms. The molecule has 2 atom stereocenters. The minimum Gasteiger partial charge on any atom is -0.351 e. The molecule has 6 heteroatoms. The number of hydrogen-bond acceptors (Lipinski definition) is 4. The first-order valence-corrected chi connectivity index (χ1v) is 8.41. The van der Waals surface area contributed by atoms with Crippen LogP contribution >= 0.6 is 0 Å². The molecule has 1 aliphatic rings. The van der Waals surface area contributed by atoms with Crippen molar-refractivity contribution < 1.29 is 4.79 Å². The Balaban J connectivity index is 1.65. The normalized spacial score (nSPS) is 21.5. The van der Waals surface area contributed by atoms with E-state index in [1.165, 1.54) is 0 Å². The minimum atomic E-state index is 0.0165. The number of piperidine rings is 1. The van der Waals surface area contributed by atoms with E-state index in [9.17, 15) is 4.79 Å². The molecule has 1 saturated heterocycles. The molecule has 6 nitrogen and oxygen atoms in total. The van der Waals surface area contributed by atoms with Crippen LogP contribution in [0.1, 0.15) is 39.3 Å². The SMILES string of the molecule is CC(C)(C)[C@@H]1NC(=O)CC[C@H]1NCc1cc(-c2cccnc2)n[nH]1. The number of rotatable bonds is 4. The van der Waals surface area contributed by atoms with Gasteiger partial charge in [0.15, 0.2) is 0 Å². The van der Waals surface area contributed by atoms with Gasteiger partial charge in [0.05, 0.1) is 5.69 Å². The lowest BCUT2D eigenvalue weighted by Crippen LogP contribution is -2.59. The molecule has 0 spiro atoms. The summed E-state index contributed by atoms with van der Waals surface area (Å²) in [5.41, 5.74) is 2.93. The van der Waals surface area contributed by atoms with Crippen LogP contribution < -0.4 is 10.6 Å². The van der Waals surface area contributed by atoms with E-state index < -0.39 is 0 Å². The molecule has 3 N–H and O–H groups in total. The first kappa shape index (κ1) is 16.6. The average Bonchev–Trinajstić information content (AvgIpc) is 3.02. The van der Waals surface area contributed by atoms with Crippen LogP contribution in [0.3, 0.4) is 0 Å². The molecule has 128 valence electrons. The highest BCUT2D eigenvalue weighted by molar-refractivity contribution is 5.77. The average molecular weight is 327 g/mol. The van der Waals surface area contributed by atoms with Gasteiger partial charge in [0.1, 0.15) is 0 Å². The van der Waals surface area contributed by atoms with Crippen molar-refractivity contribution in [1.29, 1.82) is 0 Å².